The van der Waals surface area contributed by atoms with Gasteiger partial charge in [0.2, 0.25) is 5.91 Å². The number of hydrogen-bond donors (Lipinski definition) is 2. The SMILES string of the molecule is O=C(CCNCCN(CI)C/C=C/c1ccccc1)Nc1ccc2c(c1)CCC2. The number of nitrogens with one attached hydrogen (secondary N) is 2. The third-order valence-corrected chi connectivity index (χ3v) is 6.12. The molecular formula is C24H30IN3O. The largest absolute Gasteiger partial charge is 0.326 e. The minimum absolute atomic E-state index is 0.0759. The minimum Gasteiger partial charge on any atom is -0.326 e. The summed E-state index contributed by atoms with van der Waals surface area (Å²) in [5, 5.41) is 6.41. The van der Waals surface area contributed by atoms with Crippen molar-refractivity contribution in [2.24, 2.45) is 0 Å². The minimum atomic E-state index is 0.0759. The zero-order chi connectivity index (χ0) is 20.3. The molecule has 1 aliphatic rings. The molecule has 4 nitrogen and oxygen atoms in total. The van der Waals surface area contributed by atoms with E-state index in [9.17, 15) is 4.79 Å². The van der Waals surface area contributed by atoms with Crippen LogP contribution in [0, 0.1) is 0 Å². The van der Waals surface area contributed by atoms with Gasteiger partial charge in [-0.25, -0.2) is 0 Å². The number of halogens is 1. The zero-order valence-electron chi connectivity index (χ0n) is 16.9. The first-order valence-corrected chi connectivity index (χ1v) is 11.9. The molecule has 1 aliphatic carbocycles. The van der Waals surface area contributed by atoms with Crippen LogP contribution in [-0.4, -0.2) is 41.5 Å². The van der Waals surface area contributed by atoms with Crippen molar-refractivity contribution < 1.29 is 4.79 Å². The predicted molar refractivity (Wildman–Crippen MR) is 131 cm³/mol. The second-order valence-corrected chi connectivity index (χ2v) is 8.08. The number of rotatable bonds is 11. The first-order valence-electron chi connectivity index (χ1n) is 10.4. The Morgan fingerprint density at radius 2 is 1.90 bits per heavy atom. The van der Waals surface area contributed by atoms with Crippen LogP contribution < -0.4 is 10.6 Å². The van der Waals surface area contributed by atoms with Crippen LogP contribution in [-0.2, 0) is 17.6 Å². The smallest absolute Gasteiger partial charge is 0.225 e. The van der Waals surface area contributed by atoms with E-state index in [0.717, 1.165) is 36.3 Å². The van der Waals surface area contributed by atoms with E-state index >= 15 is 0 Å². The number of hydrogen-bond acceptors (Lipinski definition) is 3. The average Bonchev–Trinajstić information content (AvgIpc) is 3.21. The van der Waals surface area contributed by atoms with E-state index in [0.29, 0.717) is 13.0 Å². The van der Waals surface area contributed by atoms with E-state index in [-0.39, 0.29) is 5.91 Å². The maximum Gasteiger partial charge on any atom is 0.225 e. The number of alkyl halides is 1. The molecular weight excluding hydrogens is 473 g/mol. The lowest BCUT2D eigenvalue weighted by atomic mass is 10.1. The number of aryl methyl sites for hydroxylation is 2. The van der Waals surface area contributed by atoms with Crippen LogP contribution in [0.5, 0.6) is 0 Å². The van der Waals surface area contributed by atoms with Crippen molar-refractivity contribution in [2.45, 2.75) is 25.7 Å². The molecule has 0 atom stereocenters. The maximum atomic E-state index is 12.2. The molecule has 0 spiro atoms. The summed E-state index contributed by atoms with van der Waals surface area (Å²) in [6.07, 6.45) is 8.40. The molecule has 5 heteroatoms. The van der Waals surface area contributed by atoms with E-state index < -0.39 is 0 Å². The number of carbonyl (C=O) groups is 1. The molecule has 0 heterocycles. The molecule has 2 aromatic carbocycles. The average molecular weight is 503 g/mol. The molecule has 0 bridgehead atoms. The van der Waals surface area contributed by atoms with Crippen molar-refractivity contribution in [3.05, 3.63) is 71.3 Å². The molecule has 0 fully saturated rings. The van der Waals surface area contributed by atoms with Crippen LogP contribution in [0.25, 0.3) is 6.08 Å². The third kappa shape index (κ3) is 7.57. The lowest BCUT2D eigenvalue weighted by molar-refractivity contribution is -0.116. The van der Waals surface area contributed by atoms with Gasteiger partial charge in [-0.15, -0.1) is 0 Å². The molecule has 29 heavy (non-hydrogen) atoms. The fraction of sp³-hybridized carbons (Fsp3) is 0.375. The Bertz CT molecular complexity index is 807. The van der Waals surface area contributed by atoms with Gasteiger partial charge in [-0.05, 0) is 48.1 Å². The summed E-state index contributed by atoms with van der Waals surface area (Å²) in [7, 11) is 0. The Labute approximate surface area is 187 Å². The van der Waals surface area contributed by atoms with Crippen LogP contribution in [0.3, 0.4) is 0 Å². The molecule has 3 rings (SSSR count). The van der Waals surface area contributed by atoms with Gasteiger partial charge in [0.1, 0.15) is 0 Å². The number of fused-ring (bicyclic) bond motifs is 1. The van der Waals surface area contributed by atoms with Gasteiger partial charge in [-0.1, -0.05) is 71.1 Å². The van der Waals surface area contributed by atoms with Gasteiger partial charge in [-0.2, -0.15) is 0 Å². The van der Waals surface area contributed by atoms with Crippen molar-refractivity contribution in [2.75, 3.05) is 36.0 Å². The summed E-state index contributed by atoms with van der Waals surface area (Å²) in [5.41, 5.74) is 4.98. The fourth-order valence-electron chi connectivity index (χ4n) is 3.54. The highest BCUT2D eigenvalue weighted by Crippen LogP contribution is 2.24. The number of benzene rings is 2. The van der Waals surface area contributed by atoms with Gasteiger partial charge in [0.15, 0.2) is 0 Å². The molecule has 0 saturated heterocycles. The molecule has 154 valence electrons. The molecule has 0 aromatic heterocycles. The Morgan fingerprint density at radius 1 is 1.07 bits per heavy atom. The lowest BCUT2D eigenvalue weighted by Crippen LogP contribution is -2.32. The summed E-state index contributed by atoms with van der Waals surface area (Å²) in [6.45, 7) is 3.48. The normalized spacial score (nSPS) is 13.2. The molecule has 0 radical (unpaired) electrons. The molecule has 0 aliphatic heterocycles. The van der Waals surface area contributed by atoms with E-state index in [1.165, 1.54) is 29.5 Å². The second kappa shape index (κ2) is 12.1. The Morgan fingerprint density at radius 3 is 2.72 bits per heavy atom. The van der Waals surface area contributed by atoms with E-state index in [2.05, 4.69) is 86.7 Å². The second-order valence-electron chi connectivity index (χ2n) is 7.39. The summed E-state index contributed by atoms with van der Waals surface area (Å²) >= 11 is 2.40. The Hall–Kier alpha value is -1.70. The number of nitrogens with zero attached hydrogens (tertiary/aromatic N) is 1. The van der Waals surface area contributed by atoms with Crippen LogP contribution >= 0.6 is 22.6 Å². The predicted octanol–water partition coefficient (Wildman–Crippen LogP) is 4.50. The molecule has 2 aromatic rings. The first-order chi connectivity index (χ1) is 14.2. The van der Waals surface area contributed by atoms with Crippen molar-refractivity contribution in [1.82, 2.24) is 10.2 Å². The van der Waals surface area contributed by atoms with Gasteiger partial charge in [0.25, 0.3) is 0 Å². The first kappa shape index (κ1) is 22.0. The van der Waals surface area contributed by atoms with Crippen molar-refractivity contribution >= 4 is 40.3 Å². The highest BCUT2D eigenvalue weighted by Gasteiger charge is 2.11. The monoisotopic (exact) mass is 503 g/mol. The standard InChI is InChI=1S/C24H30IN3O/c25-19-28(16-5-8-20-6-2-1-3-7-20)17-15-26-14-13-24(29)27-23-12-11-21-9-4-10-22(21)18-23/h1-3,5-8,11-12,18,26H,4,9-10,13-17,19H2,(H,27,29)/b8-5+. The van der Waals surface area contributed by atoms with Crippen molar-refractivity contribution in [3.63, 3.8) is 0 Å². The summed E-state index contributed by atoms with van der Waals surface area (Å²) < 4.78 is 0.984. The Balaban J connectivity index is 1.29. The summed E-state index contributed by atoms with van der Waals surface area (Å²) in [4.78, 5) is 14.5. The lowest BCUT2D eigenvalue weighted by Gasteiger charge is -2.17. The molecule has 0 unspecified atom stereocenters. The van der Waals surface area contributed by atoms with E-state index in [1.807, 2.05) is 12.1 Å². The molecule has 0 saturated carbocycles. The fourth-order valence-corrected chi connectivity index (χ4v) is 4.16. The van der Waals surface area contributed by atoms with Gasteiger partial charge < -0.3 is 10.6 Å². The summed E-state index contributed by atoms with van der Waals surface area (Å²) in [5.74, 6) is 0.0759. The van der Waals surface area contributed by atoms with Crippen LogP contribution in [0.4, 0.5) is 5.69 Å². The Kier molecular flexibility index (Phi) is 9.18. The maximum absolute atomic E-state index is 12.2. The van der Waals surface area contributed by atoms with Gasteiger partial charge in [0, 0.05) is 38.3 Å². The zero-order valence-corrected chi connectivity index (χ0v) is 19.0. The highest BCUT2D eigenvalue weighted by molar-refractivity contribution is 14.1. The van der Waals surface area contributed by atoms with Crippen molar-refractivity contribution in [1.29, 1.82) is 0 Å². The van der Waals surface area contributed by atoms with Crippen LogP contribution in [0.1, 0.15) is 29.5 Å². The molecule has 2 N–H and O–H groups in total. The number of anilines is 1. The molecule has 1 amide bonds. The van der Waals surface area contributed by atoms with Crippen molar-refractivity contribution in [3.8, 4) is 0 Å². The quantitative estimate of drug-likeness (QED) is 0.206. The topological polar surface area (TPSA) is 44.4 Å². The van der Waals surface area contributed by atoms with Crippen LogP contribution in [0.2, 0.25) is 0 Å². The number of amides is 1. The number of carbonyl (C=O) groups excluding carboxylic acids is 1. The third-order valence-electron chi connectivity index (χ3n) is 5.16. The van der Waals surface area contributed by atoms with E-state index in [4.69, 9.17) is 0 Å². The highest BCUT2D eigenvalue weighted by atomic mass is 127. The van der Waals surface area contributed by atoms with E-state index in [1.54, 1.807) is 0 Å². The van der Waals surface area contributed by atoms with Gasteiger partial charge in [0.05, 0.1) is 4.55 Å². The van der Waals surface area contributed by atoms with Crippen LogP contribution in [0.15, 0.2) is 54.6 Å². The van der Waals surface area contributed by atoms with Gasteiger partial charge >= 0.3 is 0 Å². The van der Waals surface area contributed by atoms with Gasteiger partial charge in [-0.3, -0.25) is 9.69 Å². The summed E-state index contributed by atoms with van der Waals surface area (Å²) in [6, 6.07) is 16.7.